The van der Waals surface area contributed by atoms with E-state index in [4.69, 9.17) is 10.5 Å². The fourth-order valence-corrected chi connectivity index (χ4v) is 2.83. The van der Waals surface area contributed by atoms with Crippen LogP contribution in [0.5, 0.6) is 0 Å². The predicted molar refractivity (Wildman–Crippen MR) is 96.3 cm³/mol. The highest BCUT2D eigenvalue weighted by Crippen LogP contribution is 2.12. The van der Waals surface area contributed by atoms with Gasteiger partial charge in [0, 0.05) is 24.5 Å². The quantitative estimate of drug-likeness (QED) is 0.153. The number of carbonyl (C=O) groups excluding carboxylic acids is 1. The average molecular weight is 349 g/mol. The Labute approximate surface area is 144 Å². The van der Waals surface area contributed by atoms with Gasteiger partial charge in [0.2, 0.25) is 5.91 Å². The second kappa shape index (κ2) is 13.9. The fraction of sp³-hybridized carbons (Fsp3) is 0.800. The molecule has 0 aliphatic carbocycles. The molecule has 0 saturated heterocycles. The Hall–Kier alpha value is -0.690. The Morgan fingerprint density at radius 1 is 1.00 bits per heavy atom. The smallest absolute Gasteiger partial charge is 0.303 e. The van der Waals surface area contributed by atoms with Gasteiger partial charge in [0.15, 0.2) is 0 Å². The number of amides is 1. The minimum Gasteiger partial charge on any atom is -0.481 e. The van der Waals surface area contributed by atoms with Crippen LogP contribution in [0.3, 0.4) is 0 Å². The lowest BCUT2D eigenvalue weighted by molar-refractivity contribution is -0.137. The topological polar surface area (TPSA) is 90.2 Å². The molecule has 128 valence electrons. The number of carboxylic acid groups (broad SMARTS) is 1. The van der Waals surface area contributed by atoms with Crippen LogP contribution in [-0.4, -0.2) is 33.8 Å². The molecule has 0 bridgehead atoms. The largest absolute Gasteiger partial charge is 0.481 e. The first-order chi connectivity index (χ1) is 10.5. The van der Waals surface area contributed by atoms with E-state index in [2.05, 4.69) is 30.6 Å². The van der Waals surface area contributed by atoms with Gasteiger partial charge < -0.3 is 10.4 Å². The van der Waals surface area contributed by atoms with Gasteiger partial charge >= 0.3 is 5.97 Å². The molecule has 0 aromatic carbocycles. The first-order valence-corrected chi connectivity index (χ1v) is 8.98. The highest BCUT2D eigenvalue weighted by molar-refractivity contribution is 7.81. The second-order valence-corrected chi connectivity index (χ2v) is 6.57. The molecule has 1 atom stereocenters. The minimum atomic E-state index is -0.791. The van der Waals surface area contributed by atoms with Gasteiger partial charge in [-0.3, -0.25) is 15.0 Å². The summed E-state index contributed by atoms with van der Waals surface area (Å²) in [5, 5.41) is 19.1. The molecule has 0 aliphatic rings. The Bertz CT molecular complexity index is 352. The van der Waals surface area contributed by atoms with Gasteiger partial charge in [-0.25, -0.2) is 0 Å². The standard InChI is InChI=1S/C15H28N2O3S2/c16-13(7-2-1-3-9-15(19)20)17-14(18)8-5-4-6-12(22)10-11-21/h12,21-22H,1-11H2,(H,19,20)(H2,16,17,18). The maximum Gasteiger partial charge on any atom is 0.303 e. The van der Waals surface area contributed by atoms with Crippen LogP contribution in [0.1, 0.15) is 64.2 Å². The molecule has 7 heteroatoms. The fourth-order valence-electron chi connectivity index (χ4n) is 2.01. The normalized spacial score (nSPS) is 11.9. The molecule has 0 aromatic heterocycles. The molecule has 0 saturated carbocycles. The first-order valence-electron chi connectivity index (χ1n) is 7.83. The van der Waals surface area contributed by atoms with Crippen LogP contribution in [0.25, 0.3) is 0 Å². The van der Waals surface area contributed by atoms with Crippen LogP contribution in [0.15, 0.2) is 0 Å². The number of carbonyl (C=O) groups is 2. The van der Waals surface area contributed by atoms with Crippen LogP contribution < -0.4 is 5.32 Å². The highest BCUT2D eigenvalue weighted by Gasteiger charge is 2.06. The molecule has 1 amide bonds. The van der Waals surface area contributed by atoms with E-state index in [0.717, 1.165) is 44.3 Å². The number of amidine groups is 1. The van der Waals surface area contributed by atoms with Crippen molar-refractivity contribution in [3.05, 3.63) is 0 Å². The van der Waals surface area contributed by atoms with Gasteiger partial charge in [0.05, 0.1) is 5.84 Å². The maximum atomic E-state index is 11.6. The van der Waals surface area contributed by atoms with Gasteiger partial charge in [0.25, 0.3) is 0 Å². The Morgan fingerprint density at radius 3 is 2.27 bits per heavy atom. The Kier molecular flexibility index (Phi) is 13.5. The number of rotatable bonds is 13. The molecule has 0 spiro atoms. The molecule has 0 fully saturated rings. The van der Waals surface area contributed by atoms with Gasteiger partial charge in [-0.05, 0) is 37.9 Å². The molecule has 0 aliphatic heterocycles. The van der Waals surface area contributed by atoms with Gasteiger partial charge in [-0.1, -0.05) is 12.8 Å². The van der Waals surface area contributed by atoms with Crippen molar-refractivity contribution in [2.24, 2.45) is 0 Å². The molecule has 0 rings (SSSR count). The van der Waals surface area contributed by atoms with Crippen molar-refractivity contribution in [2.75, 3.05) is 5.75 Å². The van der Waals surface area contributed by atoms with E-state index >= 15 is 0 Å². The summed E-state index contributed by atoms with van der Waals surface area (Å²) >= 11 is 8.60. The van der Waals surface area contributed by atoms with Crippen LogP contribution in [-0.2, 0) is 9.59 Å². The molecule has 0 heterocycles. The summed E-state index contributed by atoms with van der Waals surface area (Å²) in [7, 11) is 0. The number of carboxylic acids is 1. The van der Waals surface area contributed by atoms with E-state index in [1.807, 2.05) is 0 Å². The van der Waals surface area contributed by atoms with Crippen molar-refractivity contribution >= 4 is 43.0 Å². The molecular weight excluding hydrogens is 320 g/mol. The molecule has 0 radical (unpaired) electrons. The molecular formula is C15H28N2O3S2. The van der Waals surface area contributed by atoms with E-state index in [-0.39, 0.29) is 18.2 Å². The van der Waals surface area contributed by atoms with Crippen molar-refractivity contribution in [3.63, 3.8) is 0 Å². The second-order valence-electron chi connectivity index (χ2n) is 5.39. The third-order valence-electron chi connectivity index (χ3n) is 3.26. The van der Waals surface area contributed by atoms with Gasteiger partial charge in [-0.15, -0.1) is 0 Å². The lowest BCUT2D eigenvalue weighted by Crippen LogP contribution is -2.29. The number of unbranched alkanes of at least 4 members (excludes halogenated alkanes) is 3. The van der Waals surface area contributed by atoms with Gasteiger partial charge in [0.1, 0.15) is 0 Å². The Balaban J connectivity index is 3.53. The zero-order valence-electron chi connectivity index (χ0n) is 13.0. The van der Waals surface area contributed by atoms with Crippen molar-refractivity contribution in [2.45, 2.75) is 69.5 Å². The van der Waals surface area contributed by atoms with Crippen molar-refractivity contribution in [1.29, 1.82) is 5.41 Å². The first kappa shape index (κ1) is 21.3. The average Bonchev–Trinajstić information content (AvgIpc) is 2.43. The van der Waals surface area contributed by atoms with E-state index in [9.17, 15) is 9.59 Å². The third kappa shape index (κ3) is 14.3. The zero-order valence-corrected chi connectivity index (χ0v) is 14.8. The highest BCUT2D eigenvalue weighted by atomic mass is 32.1. The van der Waals surface area contributed by atoms with E-state index < -0.39 is 5.97 Å². The summed E-state index contributed by atoms with van der Waals surface area (Å²) in [6.45, 7) is 0. The SMILES string of the molecule is N=C(CCCCCC(=O)O)NC(=O)CCCCC(S)CCS. The van der Waals surface area contributed by atoms with E-state index in [0.29, 0.717) is 24.5 Å². The van der Waals surface area contributed by atoms with Crippen LogP contribution in [0.2, 0.25) is 0 Å². The lowest BCUT2D eigenvalue weighted by Gasteiger charge is -2.09. The molecule has 5 nitrogen and oxygen atoms in total. The number of aliphatic carboxylic acids is 1. The molecule has 22 heavy (non-hydrogen) atoms. The van der Waals surface area contributed by atoms with Crippen molar-refractivity contribution in [1.82, 2.24) is 5.32 Å². The third-order valence-corrected chi connectivity index (χ3v) is 4.04. The Morgan fingerprint density at radius 2 is 1.64 bits per heavy atom. The maximum absolute atomic E-state index is 11.6. The summed E-state index contributed by atoms with van der Waals surface area (Å²) in [5.41, 5.74) is 0. The minimum absolute atomic E-state index is 0.111. The molecule has 3 N–H and O–H groups in total. The number of hydrogen-bond acceptors (Lipinski definition) is 5. The van der Waals surface area contributed by atoms with Crippen molar-refractivity contribution in [3.8, 4) is 0 Å². The number of thiol groups is 2. The van der Waals surface area contributed by atoms with Gasteiger partial charge in [-0.2, -0.15) is 25.3 Å². The van der Waals surface area contributed by atoms with Crippen LogP contribution in [0, 0.1) is 5.41 Å². The summed E-state index contributed by atoms with van der Waals surface area (Å²) in [5.74, 6) is 0.155. The predicted octanol–water partition coefficient (Wildman–Crippen LogP) is 3.29. The summed E-state index contributed by atoms with van der Waals surface area (Å²) in [4.78, 5) is 22.0. The van der Waals surface area contributed by atoms with E-state index in [1.54, 1.807) is 0 Å². The monoisotopic (exact) mass is 348 g/mol. The number of hydrogen-bond donors (Lipinski definition) is 5. The van der Waals surface area contributed by atoms with Crippen LogP contribution in [0.4, 0.5) is 0 Å². The lowest BCUT2D eigenvalue weighted by atomic mass is 10.1. The number of nitrogens with one attached hydrogen (secondary N) is 2. The van der Waals surface area contributed by atoms with E-state index in [1.165, 1.54) is 0 Å². The van der Waals surface area contributed by atoms with Crippen LogP contribution >= 0.6 is 25.3 Å². The summed E-state index contributed by atoms with van der Waals surface area (Å²) in [6, 6.07) is 0. The molecule has 1 unspecified atom stereocenters. The summed E-state index contributed by atoms with van der Waals surface area (Å²) in [6.07, 6.45) is 6.93. The van der Waals surface area contributed by atoms with Crippen molar-refractivity contribution < 1.29 is 14.7 Å². The molecule has 0 aromatic rings. The zero-order chi connectivity index (χ0) is 16.8. The summed E-state index contributed by atoms with van der Waals surface area (Å²) < 4.78 is 0.